The third-order valence-electron chi connectivity index (χ3n) is 5.89. The summed E-state index contributed by atoms with van der Waals surface area (Å²) in [6.07, 6.45) is 2.57. The van der Waals surface area contributed by atoms with Gasteiger partial charge in [0.2, 0.25) is 5.91 Å². The third kappa shape index (κ3) is 6.58. The Morgan fingerprint density at radius 2 is 1.93 bits per heavy atom. The average Bonchev–Trinajstić information content (AvgIpc) is 2.74. The van der Waals surface area contributed by atoms with Gasteiger partial charge >= 0.3 is 0 Å². The molecule has 2 aliphatic heterocycles. The van der Waals surface area contributed by atoms with Gasteiger partial charge in [0.05, 0.1) is 6.54 Å². The van der Waals surface area contributed by atoms with Gasteiger partial charge in [0.1, 0.15) is 5.82 Å². The first kappa shape index (κ1) is 22.3. The Balaban J connectivity index is 1.46. The molecular formula is C22H35FN6O. The average molecular weight is 419 g/mol. The molecule has 7 nitrogen and oxygen atoms in total. The summed E-state index contributed by atoms with van der Waals surface area (Å²) < 4.78 is 13.1. The van der Waals surface area contributed by atoms with Gasteiger partial charge in [0, 0.05) is 64.5 Å². The number of amides is 1. The van der Waals surface area contributed by atoms with E-state index in [9.17, 15) is 9.18 Å². The van der Waals surface area contributed by atoms with Crippen LogP contribution in [0.15, 0.2) is 29.3 Å². The van der Waals surface area contributed by atoms with E-state index in [-0.39, 0.29) is 11.7 Å². The smallest absolute Gasteiger partial charge is 0.217 e. The molecule has 1 amide bonds. The van der Waals surface area contributed by atoms with Gasteiger partial charge in [0.25, 0.3) is 0 Å². The fourth-order valence-corrected chi connectivity index (χ4v) is 4.31. The zero-order valence-electron chi connectivity index (χ0n) is 18.0. The molecule has 3 N–H and O–H groups in total. The van der Waals surface area contributed by atoms with E-state index in [2.05, 4.69) is 26.9 Å². The maximum atomic E-state index is 13.1. The maximum absolute atomic E-state index is 13.1. The van der Waals surface area contributed by atoms with Crippen molar-refractivity contribution in [2.24, 2.45) is 16.6 Å². The SMILES string of the molecule is CCNC(=NCCN1CCN(c2ccc(F)cc2)CC1)N1CCCC(CC(N)=O)C1. The zero-order valence-corrected chi connectivity index (χ0v) is 18.0. The van der Waals surface area contributed by atoms with Crippen LogP contribution in [-0.2, 0) is 4.79 Å². The molecule has 1 atom stereocenters. The van der Waals surface area contributed by atoms with Gasteiger partial charge in [-0.3, -0.25) is 14.7 Å². The number of piperazine rings is 1. The summed E-state index contributed by atoms with van der Waals surface area (Å²) in [6.45, 7) is 10.2. The number of aliphatic imine (C=N–C) groups is 1. The van der Waals surface area contributed by atoms with Crippen molar-refractivity contribution in [2.45, 2.75) is 26.2 Å². The lowest BCUT2D eigenvalue weighted by Gasteiger charge is -2.36. The van der Waals surface area contributed by atoms with Gasteiger partial charge in [-0.2, -0.15) is 0 Å². The maximum Gasteiger partial charge on any atom is 0.217 e. The number of likely N-dealkylation sites (tertiary alicyclic amines) is 1. The van der Waals surface area contributed by atoms with Crippen LogP contribution in [0.2, 0.25) is 0 Å². The Bertz CT molecular complexity index is 702. The molecule has 0 spiro atoms. The number of halogens is 1. The molecule has 0 saturated carbocycles. The first-order chi connectivity index (χ1) is 14.5. The van der Waals surface area contributed by atoms with Crippen LogP contribution in [0.5, 0.6) is 0 Å². The van der Waals surface area contributed by atoms with Gasteiger partial charge in [-0.1, -0.05) is 0 Å². The molecule has 1 aromatic rings. The topological polar surface area (TPSA) is 77.2 Å². The van der Waals surface area contributed by atoms with Gasteiger partial charge in [-0.05, 0) is 49.9 Å². The number of hydrogen-bond donors (Lipinski definition) is 2. The number of piperidine rings is 1. The highest BCUT2D eigenvalue weighted by molar-refractivity contribution is 5.80. The number of benzene rings is 1. The lowest BCUT2D eigenvalue weighted by atomic mass is 9.95. The molecule has 0 aromatic heterocycles. The summed E-state index contributed by atoms with van der Waals surface area (Å²) in [5.74, 6) is 0.848. The number of rotatable bonds is 7. The van der Waals surface area contributed by atoms with Crippen LogP contribution >= 0.6 is 0 Å². The first-order valence-electron chi connectivity index (χ1n) is 11.1. The molecule has 2 heterocycles. The second-order valence-electron chi connectivity index (χ2n) is 8.17. The van der Waals surface area contributed by atoms with Gasteiger partial charge in [0.15, 0.2) is 5.96 Å². The second kappa shape index (κ2) is 11.2. The van der Waals surface area contributed by atoms with E-state index in [0.717, 1.165) is 83.4 Å². The number of nitrogens with one attached hydrogen (secondary N) is 1. The highest BCUT2D eigenvalue weighted by Crippen LogP contribution is 2.20. The molecule has 30 heavy (non-hydrogen) atoms. The quantitative estimate of drug-likeness (QED) is 0.518. The normalized spacial score (nSPS) is 21.0. The van der Waals surface area contributed by atoms with E-state index in [1.165, 1.54) is 12.1 Å². The fraction of sp³-hybridized carbons (Fsp3) is 0.636. The fourth-order valence-electron chi connectivity index (χ4n) is 4.31. The van der Waals surface area contributed by atoms with Crippen LogP contribution in [-0.4, -0.2) is 80.6 Å². The number of carbonyl (C=O) groups is 1. The van der Waals surface area contributed by atoms with E-state index in [4.69, 9.17) is 10.7 Å². The summed E-state index contributed by atoms with van der Waals surface area (Å²) in [4.78, 5) is 23.1. The molecule has 1 unspecified atom stereocenters. The standard InChI is InChI=1S/C22H35FN6O/c1-2-25-22(29-10-3-4-18(17-29)16-21(24)30)26-9-11-27-12-14-28(15-13-27)20-7-5-19(23)6-8-20/h5-8,18H,2-4,9-17H2,1H3,(H2,24,30)(H,25,26). The summed E-state index contributed by atoms with van der Waals surface area (Å²) >= 11 is 0. The minimum atomic E-state index is -0.219. The van der Waals surface area contributed by atoms with Crippen molar-refractivity contribution < 1.29 is 9.18 Å². The van der Waals surface area contributed by atoms with Crippen molar-refractivity contribution in [3.63, 3.8) is 0 Å². The van der Waals surface area contributed by atoms with Crippen LogP contribution < -0.4 is 16.0 Å². The predicted molar refractivity (Wildman–Crippen MR) is 119 cm³/mol. The molecule has 166 valence electrons. The number of primary amides is 1. The van der Waals surface area contributed by atoms with Gasteiger partial charge in [-0.15, -0.1) is 0 Å². The van der Waals surface area contributed by atoms with E-state index in [1.54, 1.807) is 0 Å². The molecule has 0 aliphatic carbocycles. The van der Waals surface area contributed by atoms with E-state index < -0.39 is 0 Å². The van der Waals surface area contributed by atoms with E-state index in [0.29, 0.717) is 12.3 Å². The lowest BCUT2D eigenvalue weighted by molar-refractivity contribution is -0.119. The van der Waals surface area contributed by atoms with Crippen molar-refractivity contribution in [3.8, 4) is 0 Å². The van der Waals surface area contributed by atoms with E-state index >= 15 is 0 Å². The van der Waals surface area contributed by atoms with Gasteiger partial charge < -0.3 is 20.9 Å². The summed E-state index contributed by atoms with van der Waals surface area (Å²) in [5.41, 5.74) is 6.47. The molecule has 2 saturated heterocycles. The van der Waals surface area contributed by atoms with Crippen LogP contribution in [0.4, 0.5) is 10.1 Å². The highest BCUT2D eigenvalue weighted by Gasteiger charge is 2.23. The van der Waals surface area contributed by atoms with Crippen molar-refractivity contribution in [1.29, 1.82) is 0 Å². The van der Waals surface area contributed by atoms with Crippen molar-refractivity contribution in [2.75, 3.05) is 63.8 Å². The van der Waals surface area contributed by atoms with E-state index in [1.807, 2.05) is 12.1 Å². The molecular weight excluding hydrogens is 383 g/mol. The molecule has 0 radical (unpaired) electrons. The van der Waals surface area contributed by atoms with Crippen LogP contribution in [0.3, 0.4) is 0 Å². The number of guanidine groups is 1. The molecule has 8 heteroatoms. The number of hydrogen-bond acceptors (Lipinski definition) is 4. The Morgan fingerprint density at radius 1 is 1.20 bits per heavy atom. The number of nitrogens with zero attached hydrogens (tertiary/aromatic N) is 4. The summed E-state index contributed by atoms with van der Waals surface area (Å²) in [7, 11) is 0. The second-order valence-corrected chi connectivity index (χ2v) is 8.17. The third-order valence-corrected chi connectivity index (χ3v) is 5.89. The molecule has 3 rings (SSSR count). The van der Waals surface area contributed by atoms with Crippen LogP contribution in [0, 0.1) is 11.7 Å². The Labute approximate surface area is 179 Å². The predicted octanol–water partition coefficient (Wildman–Crippen LogP) is 1.50. The largest absolute Gasteiger partial charge is 0.370 e. The van der Waals surface area contributed by atoms with Crippen molar-refractivity contribution in [1.82, 2.24) is 15.1 Å². The Morgan fingerprint density at radius 3 is 2.60 bits per heavy atom. The number of anilines is 1. The minimum absolute atomic E-state index is 0.193. The Kier molecular flexibility index (Phi) is 8.30. The highest BCUT2D eigenvalue weighted by atomic mass is 19.1. The summed E-state index contributed by atoms with van der Waals surface area (Å²) in [6, 6.07) is 6.74. The van der Waals surface area contributed by atoms with Crippen LogP contribution in [0.25, 0.3) is 0 Å². The molecule has 1 aromatic carbocycles. The summed E-state index contributed by atoms with van der Waals surface area (Å²) in [5, 5.41) is 3.40. The number of carbonyl (C=O) groups excluding carboxylic acids is 1. The zero-order chi connectivity index (χ0) is 21.3. The Hall–Kier alpha value is -2.35. The van der Waals surface area contributed by atoms with Crippen molar-refractivity contribution >= 4 is 17.6 Å². The first-order valence-corrected chi connectivity index (χ1v) is 11.1. The minimum Gasteiger partial charge on any atom is -0.370 e. The monoisotopic (exact) mass is 418 g/mol. The van der Waals surface area contributed by atoms with Crippen molar-refractivity contribution in [3.05, 3.63) is 30.1 Å². The molecule has 2 fully saturated rings. The lowest BCUT2D eigenvalue weighted by Crippen LogP contribution is -2.48. The number of nitrogens with two attached hydrogens (primary N) is 1. The van der Waals surface area contributed by atoms with Gasteiger partial charge in [-0.25, -0.2) is 4.39 Å². The molecule has 2 aliphatic rings. The molecule has 0 bridgehead atoms. The van der Waals surface area contributed by atoms with Crippen LogP contribution in [0.1, 0.15) is 26.2 Å².